The molecule has 2 aromatic rings. The zero-order valence-electron chi connectivity index (χ0n) is 15.2. The van der Waals surface area contributed by atoms with Gasteiger partial charge in [0.05, 0.1) is 0 Å². The summed E-state index contributed by atoms with van der Waals surface area (Å²) in [7, 11) is 0. The molecule has 0 spiro atoms. The van der Waals surface area contributed by atoms with Crippen molar-refractivity contribution in [1.82, 2.24) is 0 Å². The number of hydrogen-bond acceptors (Lipinski definition) is 0. The Morgan fingerprint density at radius 3 is 1.33 bits per heavy atom. The lowest BCUT2D eigenvalue weighted by atomic mass is 9.79. The lowest BCUT2D eigenvalue weighted by Crippen LogP contribution is -2.19. The van der Waals surface area contributed by atoms with Crippen molar-refractivity contribution >= 4 is 12.2 Å². The standard InChI is InChI=1S/C24H30/c1-5-19-9-13-21(14-10-19)17-24(23(7-3)8-4)18-22-15-11-20(6-2)12-16-22/h5-6,9-16,23-24H,1-2,7-8,17-18H2,3-4H3. The number of hydrogen-bond donors (Lipinski definition) is 0. The van der Waals surface area contributed by atoms with E-state index >= 15 is 0 Å². The Bertz CT molecular complexity index is 573. The van der Waals surface area contributed by atoms with Crippen LogP contribution in [0.2, 0.25) is 0 Å². The van der Waals surface area contributed by atoms with E-state index in [2.05, 4.69) is 75.5 Å². The average molecular weight is 319 g/mol. The van der Waals surface area contributed by atoms with Crippen LogP contribution < -0.4 is 0 Å². The Morgan fingerprint density at radius 2 is 1.04 bits per heavy atom. The van der Waals surface area contributed by atoms with Gasteiger partial charge in [0, 0.05) is 0 Å². The molecule has 24 heavy (non-hydrogen) atoms. The molecule has 0 aliphatic carbocycles. The van der Waals surface area contributed by atoms with Gasteiger partial charge in [0.2, 0.25) is 0 Å². The molecule has 0 heteroatoms. The monoisotopic (exact) mass is 318 g/mol. The van der Waals surface area contributed by atoms with Crippen molar-refractivity contribution in [3.05, 3.63) is 83.9 Å². The second-order valence-corrected chi connectivity index (χ2v) is 6.64. The van der Waals surface area contributed by atoms with Gasteiger partial charge in [-0.05, 0) is 46.9 Å². The molecular formula is C24H30. The molecule has 0 aromatic heterocycles. The summed E-state index contributed by atoms with van der Waals surface area (Å²) in [6, 6.07) is 17.7. The molecule has 0 fully saturated rings. The molecule has 0 bridgehead atoms. The van der Waals surface area contributed by atoms with Crippen LogP contribution >= 0.6 is 0 Å². The van der Waals surface area contributed by atoms with Gasteiger partial charge in [0.25, 0.3) is 0 Å². The van der Waals surface area contributed by atoms with Crippen LogP contribution in [0.1, 0.15) is 48.9 Å². The molecule has 0 unspecified atom stereocenters. The second kappa shape index (κ2) is 9.27. The van der Waals surface area contributed by atoms with Gasteiger partial charge in [-0.15, -0.1) is 0 Å². The predicted octanol–water partition coefficient (Wildman–Crippen LogP) is 6.81. The Kier molecular flexibility index (Phi) is 7.06. The van der Waals surface area contributed by atoms with Crippen LogP contribution in [0.3, 0.4) is 0 Å². The van der Waals surface area contributed by atoms with Crippen LogP contribution in [0.4, 0.5) is 0 Å². The fourth-order valence-corrected chi connectivity index (χ4v) is 3.55. The summed E-state index contributed by atoms with van der Waals surface area (Å²) >= 11 is 0. The molecule has 126 valence electrons. The molecule has 0 saturated carbocycles. The normalized spacial score (nSPS) is 11.0. The molecule has 2 rings (SSSR count). The Balaban J connectivity index is 2.16. The molecule has 0 nitrogen and oxygen atoms in total. The van der Waals surface area contributed by atoms with Gasteiger partial charge in [-0.1, -0.05) is 101 Å². The summed E-state index contributed by atoms with van der Waals surface area (Å²) in [5.41, 5.74) is 5.25. The van der Waals surface area contributed by atoms with E-state index in [-0.39, 0.29) is 0 Å². The maximum atomic E-state index is 3.84. The maximum Gasteiger partial charge on any atom is -0.0245 e. The summed E-state index contributed by atoms with van der Waals surface area (Å²) in [5.74, 6) is 1.45. The molecule has 0 saturated heterocycles. The highest BCUT2D eigenvalue weighted by atomic mass is 14.2. The lowest BCUT2D eigenvalue weighted by Gasteiger charge is -2.26. The molecule has 0 heterocycles. The van der Waals surface area contributed by atoms with E-state index in [9.17, 15) is 0 Å². The fourth-order valence-electron chi connectivity index (χ4n) is 3.55. The van der Waals surface area contributed by atoms with Crippen LogP contribution in [0, 0.1) is 11.8 Å². The van der Waals surface area contributed by atoms with Crippen molar-refractivity contribution in [2.45, 2.75) is 39.5 Å². The van der Waals surface area contributed by atoms with Gasteiger partial charge in [-0.25, -0.2) is 0 Å². The minimum Gasteiger partial charge on any atom is -0.0985 e. The van der Waals surface area contributed by atoms with Gasteiger partial charge in [-0.3, -0.25) is 0 Å². The van der Waals surface area contributed by atoms with Gasteiger partial charge < -0.3 is 0 Å². The topological polar surface area (TPSA) is 0 Å². The fraction of sp³-hybridized carbons (Fsp3) is 0.333. The summed E-state index contributed by atoms with van der Waals surface area (Å²) in [4.78, 5) is 0. The summed E-state index contributed by atoms with van der Waals surface area (Å²) in [5, 5.41) is 0. The smallest absolute Gasteiger partial charge is 0.0245 e. The van der Waals surface area contributed by atoms with Crippen molar-refractivity contribution in [2.75, 3.05) is 0 Å². The number of rotatable bonds is 9. The zero-order valence-corrected chi connectivity index (χ0v) is 15.2. The molecule has 0 amide bonds. The highest BCUT2D eigenvalue weighted by Crippen LogP contribution is 2.27. The zero-order chi connectivity index (χ0) is 17.4. The first-order valence-corrected chi connectivity index (χ1v) is 9.12. The van der Waals surface area contributed by atoms with Crippen LogP contribution in [0.15, 0.2) is 61.7 Å². The van der Waals surface area contributed by atoms with E-state index in [4.69, 9.17) is 0 Å². The first kappa shape index (κ1) is 18.3. The van der Waals surface area contributed by atoms with Crippen molar-refractivity contribution in [3.63, 3.8) is 0 Å². The van der Waals surface area contributed by atoms with Crippen LogP contribution in [0.5, 0.6) is 0 Å². The number of benzene rings is 2. The van der Waals surface area contributed by atoms with Crippen molar-refractivity contribution in [3.8, 4) is 0 Å². The van der Waals surface area contributed by atoms with Gasteiger partial charge in [0.1, 0.15) is 0 Å². The molecule has 0 radical (unpaired) electrons. The van der Waals surface area contributed by atoms with Gasteiger partial charge in [0.15, 0.2) is 0 Å². The van der Waals surface area contributed by atoms with Gasteiger partial charge >= 0.3 is 0 Å². The minimum atomic E-state index is 0.684. The van der Waals surface area contributed by atoms with E-state index in [0.29, 0.717) is 5.92 Å². The largest absolute Gasteiger partial charge is 0.0985 e. The summed E-state index contributed by atoms with van der Waals surface area (Å²) < 4.78 is 0. The Hall–Kier alpha value is -2.08. The third kappa shape index (κ3) is 4.96. The van der Waals surface area contributed by atoms with E-state index in [1.807, 2.05) is 12.2 Å². The molecule has 0 atom stereocenters. The van der Waals surface area contributed by atoms with Crippen molar-refractivity contribution in [1.29, 1.82) is 0 Å². The second-order valence-electron chi connectivity index (χ2n) is 6.64. The first-order chi connectivity index (χ1) is 11.7. The predicted molar refractivity (Wildman–Crippen MR) is 108 cm³/mol. The SMILES string of the molecule is C=Cc1ccc(CC(Cc2ccc(C=C)cc2)C(CC)CC)cc1. The molecule has 2 aromatic carbocycles. The maximum absolute atomic E-state index is 3.84. The molecular weight excluding hydrogens is 288 g/mol. The first-order valence-electron chi connectivity index (χ1n) is 9.12. The third-order valence-corrected chi connectivity index (χ3v) is 5.14. The van der Waals surface area contributed by atoms with Crippen LogP contribution in [-0.2, 0) is 12.8 Å². The molecule has 0 aliphatic heterocycles. The molecule has 0 aliphatic rings. The van der Waals surface area contributed by atoms with Crippen molar-refractivity contribution < 1.29 is 0 Å². The van der Waals surface area contributed by atoms with E-state index in [1.165, 1.54) is 35.1 Å². The van der Waals surface area contributed by atoms with Crippen LogP contribution in [-0.4, -0.2) is 0 Å². The Morgan fingerprint density at radius 1 is 0.667 bits per heavy atom. The average Bonchev–Trinajstić information content (AvgIpc) is 2.64. The van der Waals surface area contributed by atoms with Crippen LogP contribution in [0.25, 0.3) is 12.2 Å². The molecule has 0 N–H and O–H groups in total. The van der Waals surface area contributed by atoms with E-state index < -0.39 is 0 Å². The van der Waals surface area contributed by atoms with Gasteiger partial charge in [-0.2, -0.15) is 0 Å². The summed E-state index contributed by atoms with van der Waals surface area (Å²) in [6.07, 6.45) is 8.60. The quantitative estimate of drug-likeness (QED) is 0.476. The van der Waals surface area contributed by atoms with Crippen molar-refractivity contribution in [2.24, 2.45) is 11.8 Å². The highest BCUT2D eigenvalue weighted by molar-refractivity contribution is 5.48. The van der Waals surface area contributed by atoms with E-state index in [0.717, 1.165) is 18.8 Å². The van der Waals surface area contributed by atoms with E-state index in [1.54, 1.807) is 0 Å². The third-order valence-electron chi connectivity index (χ3n) is 5.14. The lowest BCUT2D eigenvalue weighted by molar-refractivity contribution is 0.308. The summed E-state index contributed by atoms with van der Waals surface area (Å²) in [6.45, 7) is 12.3. The highest BCUT2D eigenvalue weighted by Gasteiger charge is 2.19. The minimum absolute atomic E-state index is 0.684. The Labute approximate surface area is 147 Å².